The summed E-state index contributed by atoms with van der Waals surface area (Å²) in [7, 11) is 0. The van der Waals surface area contributed by atoms with E-state index in [0.717, 1.165) is 6.07 Å². The van der Waals surface area contributed by atoms with Crippen LogP contribution in [0.15, 0.2) is 35.7 Å². The molecule has 0 aliphatic heterocycles. The maximum absolute atomic E-state index is 13.7. The first-order chi connectivity index (χ1) is 9.11. The van der Waals surface area contributed by atoms with Crippen LogP contribution < -0.4 is 11.1 Å². The summed E-state index contributed by atoms with van der Waals surface area (Å²) in [6.45, 7) is 0. The number of oxime groups is 1. The Morgan fingerprint density at radius 1 is 1.47 bits per heavy atom. The number of aromatic amines is 1. The molecule has 0 bridgehead atoms. The lowest BCUT2D eigenvalue weighted by Gasteiger charge is -2.06. The molecule has 1 amide bonds. The number of rotatable bonds is 3. The fraction of sp³-hybridized carbons (Fsp3) is 0. The number of H-pyrrole nitrogens is 1. The van der Waals surface area contributed by atoms with Gasteiger partial charge in [-0.25, -0.2) is 4.39 Å². The van der Waals surface area contributed by atoms with Crippen LogP contribution >= 0.6 is 0 Å². The van der Waals surface area contributed by atoms with E-state index in [4.69, 9.17) is 10.9 Å². The Hall–Kier alpha value is -2.90. The van der Waals surface area contributed by atoms with Crippen LogP contribution in [-0.4, -0.2) is 27.1 Å². The van der Waals surface area contributed by atoms with Crippen LogP contribution in [0.2, 0.25) is 0 Å². The van der Waals surface area contributed by atoms with Crippen molar-refractivity contribution in [3.8, 4) is 0 Å². The third kappa shape index (κ3) is 2.68. The van der Waals surface area contributed by atoms with Crippen molar-refractivity contribution in [1.29, 1.82) is 0 Å². The number of halogens is 1. The van der Waals surface area contributed by atoms with E-state index in [9.17, 15) is 9.18 Å². The molecular weight excluding hydrogens is 253 g/mol. The summed E-state index contributed by atoms with van der Waals surface area (Å²) in [4.78, 5) is 11.7. The van der Waals surface area contributed by atoms with E-state index in [1.54, 1.807) is 0 Å². The second-order valence-electron chi connectivity index (χ2n) is 3.62. The number of carbonyl (C=O) groups excluding carboxylic acids is 1. The molecule has 98 valence electrons. The van der Waals surface area contributed by atoms with Gasteiger partial charge in [-0.1, -0.05) is 5.16 Å². The standard InChI is InChI=1S/C11H10FN5O2/c12-8-3-6(10(13)17-19)1-2-9(8)16-11(18)7-4-14-15-5-7/h1-5,19H,(H2,13,17)(H,14,15)(H,16,18). The van der Waals surface area contributed by atoms with Gasteiger partial charge in [0.15, 0.2) is 5.84 Å². The van der Waals surface area contributed by atoms with Gasteiger partial charge in [0.25, 0.3) is 5.91 Å². The summed E-state index contributed by atoms with van der Waals surface area (Å²) in [6, 6.07) is 3.80. The van der Waals surface area contributed by atoms with Gasteiger partial charge in [-0.05, 0) is 18.2 Å². The quantitative estimate of drug-likeness (QED) is 0.285. The van der Waals surface area contributed by atoms with Crippen molar-refractivity contribution in [1.82, 2.24) is 10.2 Å². The number of hydrogen-bond acceptors (Lipinski definition) is 4. The first kappa shape index (κ1) is 12.6. The second-order valence-corrected chi connectivity index (χ2v) is 3.62. The molecule has 0 aliphatic rings. The van der Waals surface area contributed by atoms with Crippen LogP contribution in [0.1, 0.15) is 15.9 Å². The maximum Gasteiger partial charge on any atom is 0.258 e. The Morgan fingerprint density at radius 2 is 2.26 bits per heavy atom. The third-order valence-electron chi connectivity index (χ3n) is 2.38. The lowest BCUT2D eigenvalue weighted by atomic mass is 10.1. The van der Waals surface area contributed by atoms with Crippen molar-refractivity contribution in [2.75, 3.05) is 5.32 Å². The molecule has 2 rings (SSSR count). The highest BCUT2D eigenvalue weighted by molar-refractivity contribution is 6.04. The topological polar surface area (TPSA) is 116 Å². The van der Waals surface area contributed by atoms with Gasteiger partial charge in [-0.3, -0.25) is 9.89 Å². The Kier molecular flexibility index (Phi) is 3.42. The second kappa shape index (κ2) is 5.17. The number of benzene rings is 1. The molecular formula is C11H10FN5O2. The van der Waals surface area contributed by atoms with Crippen molar-refractivity contribution >= 4 is 17.4 Å². The Labute approximate surface area is 106 Å². The Morgan fingerprint density at radius 3 is 2.84 bits per heavy atom. The van der Waals surface area contributed by atoms with Crippen molar-refractivity contribution in [3.63, 3.8) is 0 Å². The molecule has 0 spiro atoms. The number of nitrogens with two attached hydrogens (primary N) is 1. The van der Waals surface area contributed by atoms with Crippen LogP contribution in [-0.2, 0) is 0 Å². The summed E-state index contributed by atoms with van der Waals surface area (Å²) in [5.41, 5.74) is 5.80. The van der Waals surface area contributed by atoms with E-state index >= 15 is 0 Å². The van der Waals surface area contributed by atoms with Gasteiger partial charge >= 0.3 is 0 Å². The molecule has 8 heteroatoms. The molecule has 7 nitrogen and oxygen atoms in total. The summed E-state index contributed by atoms with van der Waals surface area (Å²) in [5.74, 6) is -1.41. The summed E-state index contributed by atoms with van der Waals surface area (Å²) >= 11 is 0. The summed E-state index contributed by atoms with van der Waals surface area (Å²) in [6.07, 6.45) is 2.70. The van der Waals surface area contributed by atoms with Crippen LogP contribution in [0.5, 0.6) is 0 Å². The van der Waals surface area contributed by atoms with Crippen LogP contribution in [0.3, 0.4) is 0 Å². The van der Waals surface area contributed by atoms with E-state index in [2.05, 4.69) is 20.7 Å². The smallest absolute Gasteiger partial charge is 0.258 e. The van der Waals surface area contributed by atoms with Gasteiger partial charge in [0.2, 0.25) is 0 Å². The van der Waals surface area contributed by atoms with Gasteiger partial charge in [-0.15, -0.1) is 0 Å². The number of nitrogens with zero attached hydrogens (tertiary/aromatic N) is 2. The zero-order valence-corrected chi connectivity index (χ0v) is 9.59. The zero-order chi connectivity index (χ0) is 13.8. The largest absolute Gasteiger partial charge is 0.409 e. The predicted octanol–water partition coefficient (Wildman–Crippen LogP) is 0.896. The highest BCUT2D eigenvalue weighted by atomic mass is 19.1. The minimum absolute atomic E-state index is 0.0133. The average molecular weight is 263 g/mol. The lowest BCUT2D eigenvalue weighted by Crippen LogP contribution is -2.15. The van der Waals surface area contributed by atoms with E-state index in [1.807, 2.05) is 0 Å². The molecule has 0 radical (unpaired) electrons. The number of carbonyl (C=O) groups is 1. The normalized spacial score (nSPS) is 11.3. The van der Waals surface area contributed by atoms with Crippen LogP contribution in [0, 0.1) is 5.82 Å². The molecule has 0 atom stereocenters. The van der Waals surface area contributed by atoms with Gasteiger partial charge < -0.3 is 16.3 Å². The van der Waals surface area contributed by atoms with Crippen molar-refractivity contribution < 1.29 is 14.4 Å². The fourth-order valence-corrected chi connectivity index (χ4v) is 1.40. The lowest BCUT2D eigenvalue weighted by molar-refractivity contribution is 0.102. The number of amides is 1. The average Bonchev–Trinajstić information content (AvgIpc) is 2.94. The van der Waals surface area contributed by atoms with Crippen LogP contribution in [0.4, 0.5) is 10.1 Å². The number of hydrogen-bond donors (Lipinski definition) is 4. The van der Waals surface area contributed by atoms with Gasteiger partial charge in [-0.2, -0.15) is 5.10 Å². The van der Waals surface area contributed by atoms with Crippen molar-refractivity contribution in [2.24, 2.45) is 10.9 Å². The minimum Gasteiger partial charge on any atom is -0.409 e. The van der Waals surface area contributed by atoms with E-state index in [1.165, 1.54) is 24.5 Å². The predicted molar refractivity (Wildman–Crippen MR) is 65.5 cm³/mol. The molecule has 1 heterocycles. The number of amidine groups is 1. The highest BCUT2D eigenvalue weighted by Gasteiger charge is 2.11. The molecule has 19 heavy (non-hydrogen) atoms. The SMILES string of the molecule is N/C(=N/O)c1ccc(NC(=O)c2cn[nH]c2)c(F)c1. The third-order valence-corrected chi connectivity index (χ3v) is 2.38. The highest BCUT2D eigenvalue weighted by Crippen LogP contribution is 2.16. The summed E-state index contributed by atoms with van der Waals surface area (Å²) in [5, 5.41) is 19.7. The van der Waals surface area contributed by atoms with Crippen LogP contribution in [0.25, 0.3) is 0 Å². The first-order valence-corrected chi connectivity index (χ1v) is 5.19. The van der Waals surface area contributed by atoms with Crippen molar-refractivity contribution in [2.45, 2.75) is 0 Å². The molecule has 0 saturated heterocycles. The zero-order valence-electron chi connectivity index (χ0n) is 9.59. The number of aromatic nitrogens is 2. The molecule has 5 N–H and O–H groups in total. The maximum atomic E-state index is 13.7. The fourth-order valence-electron chi connectivity index (χ4n) is 1.40. The molecule has 2 aromatic rings. The van der Waals surface area contributed by atoms with Gasteiger partial charge in [0, 0.05) is 11.8 Å². The Balaban J connectivity index is 2.20. The monoisotopic (exact) mass is 263 g/mol. The molecule has 1 aromatic heterocycles. The van der Waals surface area contributed by atoms with Gasteiger partial charge in [0.1, 0.15) is 5.82 Å². The molecule has 1 aromatic carbocycles. The number of anilines is 1. The Bertz CT molecular complexity index is 624. The van der Waals surface area contributed by atoms with E-state index in [-0.39, 0.29) is 22.6 Å². The first-order valence-electron chi connectivity index (χ1n) is 5.19. The van der Waals surface area contributed by atoms with Crippen molar-refractivity contribution in [3.05, 3.63) is 47.5 Å². The van der Waals surface area contributed by atoms with Gasteiger partial charge in [0.05, 0.1) is 17.4 Å². The summed E-state index contributed by atoms with van der Waals surface area (Å²) < 4.78 is 13.7. The molecule has 0 fully saturated rings. The minimum atomic E-state index is -0.694. The number of nitrogens with one attached hydrogen (secondary N) is 2. The molecule has 0 saturated carbocycles. The van der Waals surface area contributed by atoms with E-state index in [0.29, 0.717) is 0 Å². The molecule has 0 aliphatic carbocycles. The van der Waals surface area contributed by atoms with E-state index < -0.39 is 11.7 Å². The molecule has 0 unspecified atom stereocenters.